The van der Waals surface area contributed by atoms with E-state index in [2.05, 4.69) is 124 Å². The van der Waals surface area contributed by atoms with Crippen LogP contribution in [0.3, 0.4) is 0 Å². The van der Waals surface area contributed by atoms with Crippen molar-refractivity contribution in [3.05, 3.63) is 130 Å². The molecule has 5 rings (SSSR count). The quantitative estimate of drug-likeness (QED) is 0.159. The fraction of sp³-hybridized carbons (Fsp3) is 0.359. The van der Waals surface area contributed by atoms with Gasteiger partial charge in [-0.15, -0.1) is 0 Å². The highest BCUT2D eigenvalue weighted by molar-refractivity contribution is 6.99. The van der Waals surface area contributed by atoms with E-state index in [1.807, 2.05) is 24.3 Å². The lowest BCUT2D eigenvalue weighted by Gasteiger charge is -2.50. The molecule has 0 aromatic heterocycles. The highest BCUT2D eigenvalue weighted by atomic mass is 35.5. The summed E-state index contributed by atoms with van der Waals surface area (Å²) in [6.07, 6.45) is 2.32. The average molecular weight is 659 g/mol. The smallest absolute Gasteiger partial charge is 0.261 e. The first-order valence-electron chi connectivity index (χ1n) is 16.2. The van der Waals surface area contributed by atoms with Crippen molar-refractivity contribution in [1.29, 1.82) is 0 Å². The largest absolute Gasteiger partial charge is 0.405 e. The van der Waals surface area contributed by atoms with Gasteiger partial charge in [-0.25, -0.2) is 0 Å². The van der Waals surface area contributed by atoms with Crippen molar-refractivity contribution in [2.75, 3.05) is 6.61 Å². The molecule has 6 heteroatoms. The Bertz CT molecular complexity index is 1520. The Morgan fingerprint density at radius 1 is 0.800 bits per heavy atom. The van der Waals surface area contributed by atoms with Crippen LogP contribution < -0.4 is 10.4 Å². The van der Waals surface area contributed by atoms with Gasteiger partial charge >= 0.3 is 0 Å². The summed E-state index contributed by atoms with van der Waals surface area (Å²) in [4.78, 5) is 16.7. The molecule has 1 saturated heterocycles. The molecule has 0 aliphatic carbocycles. The second kappa shape index (κ2) is 14.3. The lowest BCUT2D eigenvalue weighted by Crippen LogP contribution is -2.67. The lowest BCUT2D eigenvalue weighted by molar-refractivity contribution is -0.148. The van der Waals surface area contributed by atoms with E-state index in [4.69, 9.17) is 27.6 Å². The molecule has 236 valence electrons. The highest BCUT2D eigenvalue weighted by Gasteiger charge is 2.51. The molecule has 0 radical (unpaired) electrons. The Labute approximate surface area is 280 Å². The summed E-state index contributed by atoms with van der Waals surface area (Å²) >= 11 is 12.9. The fourth-order valence-corrected chi connectivity index (χ4v) is 12.2. The summed E-state index contributed by atoms with van der Waals surface area (Å²) in [5, 5.41) is 3.70. The molecule has 4 aromatic carbocycles. The predicted octanol–water partition coefficient (Wildman–Crippen LogP) is 9.43. The molecule has 4 aromatic rings. The van der Waals surface area contributed by atoms with E-state index in [-0.39, 0.29) is 34.9 Å². The summed E-state index contributed by atoms with van der Waals surface area (Å²) in [5.74, 6) is 0.197. The van der Waals surface area contributed by atoms with Crippen LogP contribution in [0.1, 0.15) is 77.0 Å². The SMILES string of the molecule is CCC1C[C@H](c2cccc(Cl)c2)[C@@H](c2ccc(Cl)cc2)N(C(CC)CO[Si](c2ccccc2)(c2ccccc2)C(C)(C)C)C1=O. The average Bonchev–Trinajstić information content (AvgIpc) is 3.04. The number of carbonyl (C=O) groups is 1. The van der Waals surface area contributed by atoms with Crippen LogP contribution in [0, 0.1) is 5.92 Å². The van der Waals surface area contributed by atoms with Gasteiger partial charge in [-0.3, -0.25) is 4.79 Å². The molecule has 0 bridgehead atoms. The van der Waals surface area contributed by atoms with Crippen LogP contribution in [0.2, 0.25) is 15.1 Å². The minimum absolute atomic E-state index is 0.0782. The van der Waals surface area contributed by atoms with Gasteiger partial charge in [0.2, 0.25) is 5.91 Å². The van der Waals surface area contributed by atoms with Crippen molar-refractivity contribution >= 4 is 47.8 Å². The van der Waals surface area contributed by atoms with Crippen LogP contribution >= 0.6 is 23.2 Å². The van der Waals surface area contributed by atoms with Crippen LogP contribution in [0.25, 0.3) is 0 Å². The van der Waals surface area contributed by atoms with Crippen molar-refractivity contribution in [3.8, 4) is 0 Å². The number of likely N-dealkylation sites (tertiary alicyclic amines) is 1. The molecule has 2 unspecified atom stereocenters. The van der Waals surface area contributed by atoms with Gasteiger partial charge in [0.25, 0.3) is 8.32 Å². The number of carbonyl (C=O) groups excluding carboxylic acids is 1. The zero-order valence-electron chi connectivity index (χ0n) is 27.0. The number of benzene rings is 4. The van der Waals surface area contributed by atoms with Gasteiger partial charge in [0.1, 0.15) is 0 Å². The minimum atomic E-state index is -2.81. The first kappa shape index (κ1) is 33.5. The number of halogens is 2. The number of rotatable bonds is 10. The Hall–Kier alpha value is -2.89. The Morgan fingerprint density at radius 3 is 1.91 bits per heavy atom. The summed E-state index contributed by atoms with van der Waals surface area (Å²) in [7, 11) is -2.81. The Morgan fingerprint density at radius 2 is 1.40 bits per heavy atom. The molecule has 1 aliphatic heterocycles. The molecule has 0 saturated carbocycles. The summed E-state index contributed by atoms with van der Waals surface area (Å²) in [6.45, 7) is 11.6. The van der Waals surface area contributed by atoms with E-state index in [0.29, 0.717) is 16.7 Å². The van der Waals surface area contributed by atoms with E-state index in [1.165, 1.54) is 10.4 Å². The van der Waals surface area contributed by atoms with Crippen molar-refractivity contribution in [3.63, 3.8) is 0 Å². The number of nitrogens with zero attached hydrogens (tertiary/aromatic N) is 1. The molecule has 0 spiro atoms. The second-order valence-corrected chi connectivity index (χ2v) is 18.5. The van der Waals surface area contributed by atoms with Crippen molar-refractivity contribution in [1.82, 2.24) is 4.90 Å². The molecule has 45 heavy (non-hydrogen) atoms. The summed E-state index contributed by atoms with van der Waals surface area (Å²) in [6, 6.07) is 37.3. The molecule has 3 nitrogen and oxygen atoms in total. The predicted molar refractivity (Wildman–Crippen MR) is 191 cm³/mol. The zero-order chi connectivity index (χ0) is 32.2. The fourth-order valence-electron chi connectivity index (χ4n) is 7.31. The summed E-state index contributed by atoms with van der Waals surface area (Å²) < 4.78 is 7.46. The monoisotopic (exact) mass is 657 g/mol. The van der Waals surface area contributed by atoms with Gasteiger partial charge in [0, 0.05) is 21.9 Å². The zero-order valence-corrected chi connectivity index (χ0v) is 29.6. The van der Waals surface area contributed by atoms with E-state index in [0.717, 1.165) is 30.4 Å². The topological polar surface area (TPSA) is 29.5 Å². The molecule has 0 N–H and O–H groups in total. The van der Waals surface area contributed by atoms with Crippen LogP contribution in [0.5, 0.6) is 0 Å². The number of amides is 1. The molecule has 1 amide bonds. The maximum Gasteiger partial charge on any atom is 0.261 e. The van der Waals surface area contributed by atoms with Gasteiger partial charge in [-0.05, 0) is 70.1 Å². The van der Waals surface area contributed by atoms with E-state index in [9.17, 15) is 4.79 Å². The number of hydrogen-bond acceptors (Lipinski definition) is 2. The molecule has 4 atom stereocenters. The van der Waals surface area contributed by atoms with Gasteiger partial charge in [0.05, 0.1) is 18.7 Å². The van der Waals surface area contributed by atoms with Crippen molar-refractivity contribution in [2.45, 2.75) is 76.9 Å². The maximum absolute atomic E-state index is 14.5. The third-order valence-corrected chi connectivity index (χ3v) is 15.1. The number of piperidine rings is 1. The minimum Gasteiger partial charge on any atom is -0.405 e. The highest BCUT2D eigenvalue weighted by Crippen LogP contribution is 2.48. The van der Waals surface area contributed by atoms with Gasteiger partial charge in [-0.1, -0.05) is 143 Å². The van der Waals surface area contributed by atoms with E-state index >= 15 is 0 Å². The molecule has 1 heterocycles. The van der Waals surface area contributed by atoms with Gasteiger partial charge < -0.3 is 9.33 Å². The summed E-state index contributed by atoms with van der Waals surface area (Å²) in [5.41, 5.74) is 2.23. The van der Waals surface area contributed by atoms with Gasteiger partial charge in [-0.2, -0.15) is 0 Å². The van der Waals surface area contributed by atoms with E-state index < -0.39 is 8.32 Å². The van der Waals surface area contributed by atoms with Crippen LogP contribution in [0.4, 0.5) is 0 Å². The van der Waals surface area contributed by atoms with Crippen LogP contribution in [-0.4, -0.2) is 31.8 Å². The first-order valence-corrected chi connectivity index (χ1v) is 18.8. The Balaban J connectivity index is 1.62. The third-order valence-electron chi connectivity index (χ3n) is 9.58. The van der Waals surface area contributed by atoms with Crippen LogP contribution in [-0.2, 0) is 9.22 Å². The molecular formula is C39H45Cl2NO2Si. The molecular weight excluding hydrogens is 613 g/mol. The Kier molecular flexibility index (Phi) is 10.6. The number of hydrogen-bond donors (Lipinski definition) is 0. The third kappa shape index (κ3) is 6.81. The van der Waals surface area contributed by atoms with Crippen molar-refractivity contribution < 1.29 is 9.22 Å². The lowest BCUT2D eigenvalue weighted by atomic mass is 9.74. The normalized spacial score (nSPS) is 19.8. The maximum atomic E-state index is 14.5. The van der Waals surface area contributed by atoms with Crippen molar-refractivity contribution in [2.24, 2.45) is 5.92 Å². The molecule has 1 aliphatic rings. The standard InChI is InChI=1S/C39H45Cl2NO2Si/c1-6-28-26-36(30-15-14-16-32(41)25-30)37(29-21-23-31(40)24-22-29)42(38(28)43)33(7-2)27-44-45(39(3,4)5,34-17-10-8-11-18-34)35-19-12-9-13-20-35/h8-25,28,33,36-37H,6-7,26-27H2,1-5H3/t28?,33?,36-,37-/m1/s1. The van der Waals surface area contributed by atoms with E-state index in [1.54, 1.807) is 0 Å². The van der Waals surface area contributed by atoms with Crippen LogP contribution in [0.15, 0.2) is 109 Å². The first-order chi connectivity index (χ1) is 21.6. The van der Waals surface area contributed by atoms with Gasteiger partial charge in [0.15, 0.2) is 0 Å². The second-order valence-electron chi connectivity index (χ2n) is 13.3. The molecule has 1 fully saturated rings.